The van der Waals surface area contributed by atoms with Crippen LogP contribution in [0.3, 0.4) is 0 Å². The molecular formula is C12H14N4O2. The maximum absolute atomic E-state index is 10.8. The van der Waals surface area contributed by atoms with Crippen LogP contribution in [0.15, 0.2) is 30.6 Å². The molecule has 94 valence electrons. The van der Waals surface area contributed by atoms with Gasteiger partial charge in [0.05, 0.1) is 4.92 Å². The van der Waals surface area contributed by atoms with E-state index < -0.39 is 0 Å². The molecule has 2 aromatic rings. The van der Waals surface area contributed by atoms with Gasteiger partial charge in [-0.2, -0.15) is 0 Å². The molecule has 0 spiro atoms. The van der Waals surface area contributed by atoms with Crippen molar-refractivity contribution in [2.24, 2.45) is 0 Å². The molecule has 0 amide bonds. The Kier molecular flexibility index (Phi) is 3.57. The number of aromatic nitrogens is 2. The molecule has 0 aliphatic carbocycles. The standard InChI is InChI=1S/C12H14N4O2/c1-9-10(3-2-4-11(9)16(17)18)13-6-5-12-14-7-8-15-12/h2-4,7-8,13H,5-6H2,1H3,(H,14,15). The van der Waals surface area contributed by atoms with Gasteiger partial charge >= 0.3 is 0 Å². The number of aromatic amines is 1. The minimum atomic E-state index is -0.368. The smallest absolute Gasteiger partial charge is 0.274 e. The first-order valence-corrected chi connectivity index (χ1v) is 5.64. The molecule has 1 heterocycles. The molecule has 0 aliphatic heterocycles. The Labute approximate surface area is 104 Å². The van der Waals surface area contributed by atoms with Gasteiger partial charge in [-0.1, -0.05) is 6.07 Å². The lowest BCUT2D eigenvalue weighted by Gasteiger charge is -2.08. The number of nitro groups is 1. The van der Waals surface area contributed by atoms with E-state index in [9.17, 15) is 10.1 Å². The minimum Gasteiger partial charge on any atom is -0.384 e. The summed E-state index contributed by atoms with van der Waals surface area (Å²) in [6, 6.07) is 5.03. The number of nitrogens with one attached hydrogen (secondary N) is 2. The zero-order valence-corrected chi connectivity index (χ0v) is 10.0. The molecule has 0 fully saturated rings. The van der Waals surface area contributed by atoms with Crippen LogP contribution in [0.1, 0.15) is 11.4 Å². The fourth-order valence-corrected chi connectivity index (χ4v) is 1.76. The zero-order valence-electron chi connectivity index (χ0n) is 10.0. The summed E-state index contributed by atoms with van der Waals surface area (Å²) in [5.41, 5.74) is 1.58. The van der Waals surface area contributed by atoms with E-state index in [4.69, 9.17) is 0 Å². The van der Waals surface area contributed by atoms with E-state index >= 15 is 0 Å². The molecule has 0 unspecified atom stereocenters. The van der Waals surface area contributed by atoms with E-state index in [-0.39, 0.29) is 10.6 Å². The molecule has 1 aromatic carbocycles. The average molecular weight is 246 g/mol. The van der Waals surface area contributed by atoms with Crippen molar-refractivity contribution in [3.8, 4) is 0 Å². The fourth-order valence-electron chi connectivity index (χ4n) is 1.76. The minimum absolute atomic E-state index is 0.137. The van der Waals surface area contributed by atoms with Crippen LogP contribution < -0.4 is 5.32 Å². The van der Waals surface area contributed by atoms with Gasteiger partial charge in [0.15, 0.2) is 0 Å². The van der Waals surface area contributed by atoms with Crippen molar-refractivity contribution >= 4 is 11.4 Å². The van der Waals surface area contributed by atoms with Gasteiger partial charge in [-0.3, -0.25) is 10.1 Å². The molecule has 1 aromatic heterocycles. The lowest BCUT2D eigenvalue weighted by molar-refractivity contribution is -0.385. The van der Waals surface area contributed by atoms with E-state index in [1.807, 2.05) is 6.07 Å². The van der Waals surface area contributed by atoms with Gasteiger partial charge in [-0.25, -0.2) is 4.98 Å². The van der Waals surface area contributed by atoms with Gasteiger partial charge in [0, 0.05) is 42.7 Å². The van der Waals surface area contributed by atoms with Crippen LogP contribution in [0, 0.1) is 17.0 Å². The Bertz CT molecular complexity index is 537. The van der Waals surface area contributed by atoms with E-state index in [1.165, 1.54) is 6.07 Å². The number of hydrogen-bond donors (Lipinski definition) is 2. The molecule has 6 heteroatoms. The first kappa shape index (κ1) is 12.1. The second-order valence-electron chi connectivity index (χ2n) is 3.92. The van der Waals surface area contributed by atoms with Gasteiger partial charge < -0.3 is 10.3 Å². The monoisotopic (exact) mass is 246 g/mol. The van der Waals surface area contributed by atoms with Crippen molar-refractivity contribution in [1.82, 2.24) is 9.97 Å². The number of rotatable bonds is 5. The lowest BCUT2D eigenvalue weighted by atomic mass is 10.1. The Hall–Kier alpha value is -2.37. The molecule has 0 atom stereocenters. The highest BCUT2D eigenvalue weighted by Gasteiger charge is 2.12. The Morgan fingerprint density at radius 3 is 3.00 bits per heavy atom. The predicted octanol–water partition coefficient (Wildman–Crippen LogP) is 2.28. The molecule has 0 saturated carbocycles. The van der Waals surface area contributed by atoms with Gasteiger partial charge in [-0.05, 0) is 13.0 Å². The Balaban J connectivity index is 2.01. The Morgan fingerprint density at radius 2 is 2.33 bits per heavy atom. The summed E-state index contributed by atoms with van der Waals surface area (Å²) in [7, 11) is 0. The normalized spacial score (nSPS) is 10.3. The largest absolute Gasteiger partial charge is 0.384 e. The van der Waals surface area contributed by atoms with Gasteiger partial charge in [0.1, 0.15) is 5.82 Å². The van der Waals surface area contributed by atoms with Gasteiger partial charge in [-0.15, -0.1) is 0 Å². The van der Waals surface area contributed by atoms with Crippen LogP contribution >= 0.6 is 0 Å². The molecule has 6 nitrogen and oxygen atoms in total. The van der Waals surface area contributed by atoms with Crippen LogP contribution in [0.2, 0.25) is 0 Å². The quantitative estimate of drug-likeness (QED) is 0.626. The van der Waals surface area contributed by atoms with Crippen molar-refractivity contribution in [3.05, 3.63) is 52.1 Å². The molecule has 2 rings (SSSR count). The number of imidazole rings is 1. The van der Waals surface area contributed by atoms with Crippen molar-refractivity contribution in [3.63, 3.8) is 0 Å². The van der Waals surface area contributed by atoms with E-state index in [2.05, 4.69) is 15.3 Å². The highest BCUT2D eigenvalue weighted by atomic mass is 16.6. The van der Waals surface area contributed by atoms with Crippen LogP contribution in [0.5, 0.6) is 0 Å². The second kappa shape index (κ2) is 5.31. The number of nitro benzene ring substituents is 1. The van der Waals surface area contributed by atoms with Crippen molar-refractivity contribution in [2.75, 3.05) is 11.9 Å². The lowest BCUT2D eigenvalue weighted by Crippen LogP contribution is -2.07. The maximum Gasteiger partial charge on any atom is 0.274 e. The van der Waals surface area contributed by atoms with Crippen molar-refractivity contribution < 1.29 is 4.92 Å². The van der Waals surface area contributed by atoms with E-state index in [0.717, 1.165) is 17.9 Å². The molecule has 0 aliphatic rings. The molecule has 0 saturated heterocycles. The summed E-state index contributed by atoms with van der Waals surface area (Å²) in [4.78, 5) is 17.5. The number of nitrogens with zero attached hydrogens (tertiary/aromatic N) is 2. The summed E-state index contributed by atoms with van der Waals surface area (Å²) < 4.78 is 0. The third kappa shape index (κ3) is 2.65. The first-order valence-electron chi connectivity index (χ1n) is 5.64. The van der Waals surface area contributed by atoms with Crippen LogP contribution in [0.25, 0.3) is 0 Å². The van der Waals surface area contributed by atoms with Crippen LogP contribution in [-0.2, 0) is 6.42 Å². The molecule has 18 heavy (non-hydrogen) atoms. The summed E-state index contributed by atoms with van der Waals surface area (Å²) >= 11 is 0. The molecular weight excluding hydrogens is 232 g/mol. The fraction of sp³-hybridized carbons (Fsp3) is 0.250. The maximum atomic E-state index is 10.8. The summed E-state index contributed by atoms with van der Waals surface area (Å²) in [5, 5.41) is 14.0. The second-order valence-corrected chi connectivity index (χ2v) is 3.92. The average Bonchev–Trinajstić information content (AvgIpc) is 2.84. The highest BCUT2D eigenvalue weighted by Crippen LogP contribution is 2.24. The zero-order chi connectivity index (χ0) is 13.0. The molecule has 0 radical (unpaired) electrons. The topological polar surface area (TPSA) is 83.8 Å². The van der Waals surface area contributed by atoms with Crippen molar-refractivity contribution in [1.29, 1.82) is 0 Å². The highest BCUT2D eigenvalue weighted by molar-refractivity contribution is 5.59. The SMILES string of the molecule is Cc1c(NCCc2ncc[nH]2)cccc1[N+](=O)[O-]. The Morgan fingerprint density at radius 1 is 1.50 bits per heavy atom. The van der Waals surface area contributed by atoms with E-state index in [1.54, 1.807) is 25.4 Å². The van der Waals surface area contributed by atoms with Crippen LogP contribution in [0.4, 0.5) is 11.4 Å². The van der Waals surface area contributed by atoms with Crippen molar-refractivity contribution in [2.45, 2.75) is 13.3 Å². The number of anilines is 1. The molecule has 2 N–H and O–H groups in total. The third-order valence-electron chi connectivity index (χ3n) is 2.73. The van der Waals surface area contributed by atoms with Crippen LogP contribution in [-0.4, -0.2) is 21.4 Å². The third-order valence-corrected chi connectivity index (χ3v) is 2.73. The number of H-pyrrole nitrogens is 1. The summed E-state index contributed by atoms with van der Waals surface area (Å²) in [6.07, 6.45) is 4.22. The van der Waals surface area contributed by atoms with Gasteiger partial charge in [0.25, 0.3) is 5.69 Å². The predicted molar refractivity (Wildman–Crippen MR) is 68.6 cm³/mol. The first-order chi connectivity index (χ1) is 8.68. The van der Waals surface area contributed by atoms with E-state index in [0.29, 0.717) is 12.1 Å². The molecule has 0 bridgehead atoms. The number of hydrogen-bond acceptors (Lipinski definition) is 4. The summed E-state index contributed by atoms with van der Waals surface area (Å²) in [5.74, 6) is 0.894. The van der Waals surface area contributed by atoms with Gasteiger partial charge in [0.2, 0.25) is 0 Å². The number of benzene rings is 1. The summed E-state index contributed by atoms with van der Waals surface area (Å²) in [6.45, 7) is 2.42.